The van der Waals surface area contributed by atoms with Crippen molar-refractivity contribution in [1.82, 2.24) is 29.4 Å². The average Bonchev–Trinajstić information content (AvgIpc) is 3.25. The second kappa shape index (κ2) is 20.0. The lowest BCUT2D eigenvalue weighted by atomic mass is 10.2. The van der Waals surface area contributed by atoms with E-state index >= 15 is 0 Å². The van der Waals surface area contributed by atoms with Crippen molar-refractivity contribution in [2.24, 2.45) is 0 Å². The number of halogens is 7. The number of hydrogen-bond donors (Lipinski definition) is 4. The van der Waals surface area contributed by atoms with Crippen molar-refractivity contribution in [1.29, 1.82) is 0 Å². The molecular formula is C38H37F6IN8O9S2. The summed E-state index contributed by atoms with van der Waals surface area (Å²) in [4.78, 5) is 16.3. The highest BCUT2D eigenvalue weighted by molar-refractivity contribution is 14.1. The zero-order chi connectivity index (χ0) is 47.2. The number of rotatable bonds is 15. The molecule has 1 atom stereocenters. The Morgan fingerprint density at radius 1 is 0.656 bits per heavy atom. The number of alkyl halides is 6. The zero-order valence-corrected chi connectivity index (χ0v) is 37.9. The molecule has 0 radical (unpaired) electrons. The van der Waals surface area contributed by atoms with Crippen molar-refractivity contribution >= 4 is 87.5 Å². The first kappa shape index (κ1) is 49.3. The topological polar surface area (TPSA) is 214 Å². The SMILES string of the molecule is CNS(=O)(=O)c1ccc(OC(C)C(F)(F)F)c(Nc2ncnc3cc(OC)c(OC)cc23)c1.CNS(=O)(=O)c1ccc(OCC(F)(F)F)cc1Nc1ncnc2cc(OC)c(I)cc12. The Balaban J connectivity index is 0.000000241. The smallest absolute Gasteiger partial charge is 0.425 e. The highest BCUT2D eigenvalue weighted by atomic mass is 127. The highest BCUT2D eigenvalue weighted by Crippen LogP contribution is 2.38. The summed E-state index contributed by atoms with van der Waals surface area (Å²) in [6, 6.07) is 13.5. The standard InChI is InChI=1S/C20H21F3N4O5S.C18H16F3IN4O4S/c1-11(20(21,22)23)32-16-6-5-12(33(28,29)24-2)7-15(16)27-19-13-8-17(30-3)18(31-4)9-14(13)25-10-26-19;1-23-31(27,28)16-4-3-10(30-8-18(19,20)21)5-14(16)26-17-11-6-12(22)15(29-2)7-13(11)24-9-25-17/h5-11,24H,1-4H3,(H,25,26,27);3-7,9,23H,8H2,1-2H3,(H,24,25,26). The van der Waals surface area contributed by atoms with Crippen LogP contribution in [0.15, 0.2) is 83.1 Å². The first-order valence-electron chi connectivity index (χ1n) is 18.0. The maximum atomic E-state index is 13.1. The number of anilines is 4. The third-order valence-electron chi connectivity index (χ3n) is 8.76. The molecule has 26 heteroatoms. The van der Waals surface area contributed by atoms with E-state index in [2.05, 4.69) is 62.6 Å². The third kappa shape index (κ3) is 11.9. The predicted octanol–water partition coefficient (Wildman–Crippen LogP) is 7.46. The van der Waals surface area contributed by atoms with E-state index in [0.29, 0.717) is 39.1 Å². The minimum Gasteiger partial charge on any atom is -0.496 e. The van der Waals surface area contributed by atoms with E-state index in [1.807, 2.05) is 0 Å². The Kier molecular flexibility index (Phi) is 15.4. The van der Waals surface area contributed by atoms with Crippen LogP contribution >= 0.6 is 22.6 Å². The summed E-state index contributed by atoms with van der Waals surface area (Å²) in [5.41, 5.74) is 0.921. The van der Waals surface area contributed by atoms with Crippen LogP contribution in [-0.4, -0.2) is 97.3 Å². The molecule has 64 heavy (non-hydrogen) atoms. The number of nitrogens with one attached hydrogen (secondary N) is 4. The van der Waals surface area contributed by atoms with Gasteiger partial charge in [-0.25, -0.2) is 46.2 Å². The lowest BCUT2D eigenvalue weighted by Crippen LogP contribution is -2.31. The van der Waals surface area contributed by atoms with Crippen molar-refractivity contribution in [3.63, 3.8) is 0 Å². The fourth-order valence-electron chi connectivity index (χ4n) is 5.51. The van der Waals surface area contributed by atoms with E-state index in [1.54, 1.807) is 24.3 Å². The number of fused-ring (bicyclic) bond motifs is 2. The monoisotopic (exact) mass is 1050 g/mol. The van der Waals surface area contributed by atoms with Gasteiger partial charge in [0.25, 0.3) is 0 Å². The normalized spacial score (nSPS) is 12.5. The van der Waals surface area contributed by atoms with Gasteiger partial charge in [0.2, 0.25) is 20.0 Å². The molecule has 344 valence electrons. The van der Waals surface area contributed by atoms with E-state index in [-0.39, 0.29) is 44.3 Å². The van der Waals surface area contributed by atoms with Crippen molar-refractivity contribution < 1.29 is 66.9 Å². The van der Waals surface area contributed by atoms with Gasteiger partial charge in [-0.15, -0.1) is 0 Å². The van der Waals surface area contributed by atoms with Crippen LogP contribution in [0, 0.1) is 3.57 Å². The van der Waals surface area contributed by atoms with E-state index in [9.17, 15) is 43.2 Å². The van der Waals surface area contributed by atoms with Crippen LogP contribution in [0.2, 0.25) is 0 Å². The lowest BCUT2D eigenvalue weighted by molar-refractivity contribution is -0.189. The predicted molar refractivity (Wildman–Crippen MR) is 231 cm³/mol. The largest absolute Gasteiger partial charge is 0.496 e. The molecule has 6 rings (SSSR count). The molecule has 0 bridgehead atoms. The Morgan fingerprint density at radius 2 is 1.20 bits per heavy atom. The van der Waals surface area contributed by atoms with Crippen molar-refractivity contribution in [3.8, 4) is 28.7 Å². The molecule has 0 amide bonds. The summed E-state index contributed by atoms with van der Waals surface area (Å²) in [5, 5.41) is 6.76. The van der Waals surface area contributed by atoms with Crippen LogP contribution in [0.3, 0.4) is 0 Å². The molecule has 0 spiro atoms. The van der Waals surface area contributed by atoms with Gasteiger partial charge in [0.1, 0.15) is 46.4 Å². The highest BCUT2D eigenvalue weighted by Gasteiger charge is 2.38. The number of ether oxygens (including phenoxy) is 5. The molecule has 0 aliphatic carbocycles. The quantitative estimate of drug-likeness (QED) is 0.0580. The summed E-state index contributed by atoms with van der Waals surface area (Å²) in [6.45, 7) is -0.668. The van der Waals surface area contributed by atoms with E-state index < -0.39 is 45.1 Å². The maximum absolute atomic E-state index is 13.1. The summed E-state index contributed by atoms with van der Waals surface area (Å²) < 4.78 is 157. The molecule has 4 N–H and O–H groups in total. The van der Waals surface area contributed by atoms with E-state index in [4.69, 9.17) is 23.7 Å². The Morgan fingerprint density at radius 3 is 1.75 bits per heavy atom. The number of nitrogens with zero attached hydrogens (tertiary/aromatic N) is 4. The molecule has 1 unspecified atom stereocenters. The van der Waals surface area contributed by atoms with Crippen LogP contribution in [0.4, 0.5) is 49.4 Å². The fourth-order valence-corrected chi connectivity index (χ4v) is 7.82. The van der Waals surface area contributed by atoms with Crippen molar-refractivity contribution in [2.75, 3.05) is 52.7 Å². The molecule has 0 saturated carbocycles. The Hall–Kier alpha value is -5.71. The van der Waals surface area contributed by atoms with Gasteiger partial charge in [0.15, 0.2) is 24.2 Å². The second-order valence-corrected chi connectivity index (χ2v) is 17.8. The van der Waals surface area contributed by atoms with Gasteiger partial charge in [0.05, 0.1) is 52.2 Å². The van der Waals surface area contributed by atoms with Crippen LogP contribution in [0.5, 0.6) is 28.7 Å². The van der Waals surface area contributed by atoms with E-state index in [0.717, 1.165) is 40.8 Å². The van der Waals surface area contributed by atoms with E-state index in [1.165, 1.54) is 54.1 Å². The lowest BCUT2D eigenvalue weighted by Gasteiger charge is -2.21. The number of aromatic nitrogens is 4. The molecule has 0 aliphatic rings. The molecule has 17 nitrogen and oxygen atoms in total. The third-order valence-corrected chi connectivity index (χ3v) is 12.5. The first-order valence-corrected chi connectivity index (χ1v) is 22.1. The maximum Gasteiger partial charge on any atom is 0.425 e. The summed E-state index contributed by atoms with van der Waals surface area (Å²) in [6.07, 6.45) is -8.80. The van der Waals surface area contributed by atoms with Gasteiger partial charge in [-0.1, -0.05) is 0 Å². The molecule has 6 aromatic rings. The van der Waals surface area contributed by atoms with Gasteiger partial charge in [0, 0.05) is 29.0 Å². The molecule has 0 saturated heterocycles. The van der Waals surface area contributed by atoms with Gasteiger partial charge in [-0.3, -0.25) is 0 Å². The molecule has 2 heterocycles. The molecule has 0 fully saturated rings. The summed E-state index contributed by atoms with van der Waals surface area (Å²) in [5.74, 6) is 1.44. The van der Waals surface area contributed by atoms with Crippen LogP contribution in [-0.2, 0) is 20.0 Å². The van der Waals surface area contributed by atoms with Gasteiger partial charge >= 0.3 is 12.4 Å². The minimum absolute atomic E-state index is 0.0140. The summed E-state index contributed by atoms with van der Waals surface area (Å²) in [7, 11) is -0.958. The number of hydrogen-bond acceptors (Lipinski definition) is 15. The number of sulfonamides is 2. The number of methoxy groups -OCH3 is 3. The van der Waals surface area contributed by atoms with Crippen LogP contribution in [0.1, 0.15) is 6.92 Å². The van der Waals surface area contributed by atoms with Crippen LogP contribution in [0.25, 0.3) is 21.8 Å². The van der Waals surface area contributed by atoms with Gasteiger partial charge < -0.3 is 34.3 Å². The first-order chi connectivity index (χ1) is 30.0. The van der Waals surface area contributed by atoms with Crippen molar-refractivity contribution in [2.45, 2.75) is 35.2 Å². The number of benzene rings is 4. The average molecular weight is 1050 g/mol. The molecular weight excluding hydrogens is 1020 g/mol. The minimum atomic E-state index is -4.63. The molecule has 4 aromatic carbocycles. The second-order valence-electron chi connectivity index (χ2n) is 12.9. The molecule has 0 aliphatic heterocycles. The zero-order valence-electron chi connectivity index (χ0n) is 34.1. The summed E-state index contributed by atoms with van der Waals surface area (Å²) >= 11 is 2.06. The Bertz CT molecular complexity index is 2880. The van der Waals surface area contributed by atoms with Crippen LogP contribution < -0.4 is 43.8 Å². The van der Waals surface area contributed by atoms with Gasteiger partial charge in [-0.2, -0.15) is 26.3 Å². The van der Waals surface area contributed by atoms with Gasteiger partial charge in [-0.05, 0) is 86.1 Å². The van der Waals surface area contributed by atoms with Crippen molar-refractivity contribution in [3.05, 3.63) is 76.9 Å². The fraction of sp³-hybridized carbons (Fsp3) is 0.263. The Labute approximate surface area is 375 Å². The molecule has 2 aromatic heterocycles.